The normalized spacial score (nSPS) is 28.5. The first-order chi connectivity index (χ1) is 17.5. The van der Waals surface area contributed by atoms with Gasteiger partial charge in [-0.2, -0.15) is 18.4 Å². The predicted octanol–water partition coefficient (Wildman–Crippen LogP) is 2.02. The minimum absolute atomic E-state index is 0.0640. The molecule has 4 rings (SSSR count). The number of amides is 4. The first-order valence-corrected chi connectivity index (χ1v) is 12.5. The minimum Gasteiger partial charge on any atom is -0.356 e. The molecule has 0 radical (unpaired) electrons. The van der Waals surface area contributed by atoms with Crippen molar-refractivity contribution >= 4 is 23.6 Å². The largest absolute Gasteiger partial charge is 0.471 e. The van der Waals surface area contributed by atoms with Crippen molar-refractivity contribution in [3.8, 4) is 6.07 Å². The van der Waals surface area contributed by atoms with Crippen molar-refractivity contribution in [1.29, 1.82) is 5.26 Å². The van der Waals surface area contributed by atoms with E-state index in [0.717, 1.165) is 4.90 Å². The molecule has 3 saturated heterocycles. The van der Waals surface area contributed by atoms with E-state index in [0.29, 0.717) is 19.4 Å². The zero-order valence-electron chi connectivity index (χ0n) is 21.3. The maximum Gasteiger partial charge on any atom is 0.471 e. The molecule has 4 amide bonds. The van der Waals surface area contributed by atoms with E-state index in [4.69, 9.17) is 0 Å². The van der Waals surface area contributed by atoms with Gasteiger partial charge in [-0.15, -0.1) is 0 Å². The third kappa shape index (κ3) is 6.18. The summed E-state index contributed by atoms with van der Waals surface area (Å²) >= 11 is 0. The number of alkyl halides is 5. The lowest BCUT2D eigenvalue weighted by Gasteiger charge is -2.55. The fourth-order valence-electron chi connectivity index (χ4n) is 5.58. The third-order valence-electron chi connectivity index (χ3n) is 7.50. The number of nitrogens with zero attached hydrogens (tertiary/aromatic N) is 2. The monoisotopic (exact) mass is 549 g/mol. The summed E-state index contributed by atoms with van der Waals surface area (Å²) in [6.45, 7) is 4.69. The molecule has 2 bridgehead atoms. The lowest BCUT2D eigenvalue weighted by atomic mass is 9.70. The van der Waals surface area contributed by atoms with Gasteiger partial charge < -0.3 is 20.9 Å². The second-order valence-corrected chi connectivity index (χ2v) is 11.3. The third-order valence-corrected chi connectivity index (χ3v) is 7.50. The molecular formula is C24H32F5N5O4. The van der Waals surface area contributed by atoms with Gasteiger partial charge in [0.15, 0.2) is 0 Å². The smallest absolute Gasteiger partial charge is 0.356 e. The Bertz CT molecular complexity index is 1010. The molecule has 1 aliphatic carbocycles. The quantitative estimate of drug-likeness (QED) is 0.437. The lowest BCUT2D eigenvalue weighted by molar-refractivity contribution is -0.197. The van der Waals surface area contributed by atoms with Crippen molar-refractivity contribution in [1.82, 2.24) is 20.9 Å². The summed E-state index contributed by atoms with van der Waals surface area (Å²) in [7, 11) is 0. The molecule has 6 atom stereocenters. The highest BCUT2D eigenvalue weighted by Gasteiger charge is 2.61. The van der Waals surface area contributed by atoms with Crippen LogP contribution >= 0.6 is 0 Å². The summed E-state index contributed by atoms with van der Waals surface area (Å²) in [5.41, 5.74) is -1.26. The Hall–Kier alpha value is -2.98. The lowest BCUT2D eigenvalue weighted by Crippen LogP contribution is -2.71. The SMILES string of the molecule is CC(C)(C)[C@H](NC(=O)C(F)(F)F)C(=O)N1[C@@H]2CC[C@H]([C@@H]1C(=O)N[C@H](C#N)C[C@@H]1CCCNC1=O)C(F)(F)C2. The maximum absolute atomic E-state index is 14.9. The fourth-order valence-corrected chi connectivity index (χ4v) is 5.58. The summed E-state index contributed by atoms with van der Waals surface area (Å²) in [6.07, 6.45) is -5.00. The van der Waals surface area contributed by atoms with Crippen LogP contribution in [0, 0.1) is 28.6 Å². The Morgan fingerprint density at radius 1 is 1.16 bits per heavy atom. The van der Waals surface area contributed by atoms with Crippen molar-refractivity contribution in [3.63, 3.8) is 0 Å². The summed E-state index contributed by atoms with van der Waals surface area (Å²) in [4.78, 5) is 51.7. The molecule has 3 heterocycles. The Kier molecular flexibility index (Phi) is 8.29. The van der Waals surface area contributed by atoms with E-state index in [1.807, 2.05) is 6.07 Å². The van der Waals surface area contributed by atoms with E-state index in [2.05, 4.69) is 10.6 Å². The van der Waals surface area contributed by atoms with Gasteiger partial charge in [0, 0.05) is 24.9 Å². The van der Waals surface area contributed by atoms with Gasteiger partial charge in [0.05, 0.1) is 12.0 Å². The molecule has 3 N–H and O–H groups in total. The molecule has 0 unspecified atom stereocenters. The van der Waals surface area contributed by atoms with E-state index in [-0.39, 0.29) is 25.2 Å². The summed E-state index contributed by atoms with van der Waals surface area (Å²) in [5, 5.41) is 16.3. The molecular weight excluding hydrogens is 517 g/mol. The number of nitrogens with one attached hydrogen (secondary N) is 3. The van der Waals surface area contributed by atoms with Gasteiger partial charge in [-0.1, -0.05) is 20.8 Å². The van der Waals surface area contributed by atoms with Crippen LogP contribution in [0.1, 0.15) is 59.3 Å². The molecule has 38 heavy (non-hydrogen) atoms. The second-order valence-electron chi connectivity index (χ2n) is 11.3. The molecule has 4 aliphatic rings. The molecule has 0 aromatic heterocycles. The first-order valence-electron chi connectivity index (χ1n) is 12.5. The van der Waals surface area contributed by atoms with Gasteiger partial charge in [-0.3, -0.25) is 19.2 Å². The van der Waals surface area contributed by atoms with Crippen molar-refractivity contribution in [2.24, 2.45) is 17.3 Å². The zero-order valence-corrected chi connectivity index (χ0v) is 21.3. The Morgan fingerprint density at radius 2 is 1.82 bits per heavy atom. The average Bonchev–Trinajstić information content (AvgIpc) is 2.80. The van der Waals surface area contributed by atoms with Gasteiger partial charge in [0.2, 0.25) is 17.7 Å². The number of piperidine rings is 3. The van der Waals surface area contributed by atoms with Crippen LogP contribution in [0.5, 0.6) is 0 Å². The van der Waals surface area contributed by atoms with Crippen LogP contribution in [0.25, 0.3) is 0 Å². The Balaban J connectivity index is 1.90. The molecule has 1 saturated carbocycles. The number of nitriles is 1. The molecule has 14 heteroatoms. The number of carbonyl (C=O) groups excluding carboxylic acids is 4. The van der Waals surface area contributed by atoms with Crippen molar-refractivity contribution in [2.75, 3.05) is 6.54 Å². The molecule has 3 aliphatic heterocycles. The van der Waals surface area contributed by atoms with Crippen LogP contribution in [0.2, 0.25) is 0 Å². The van der Waals surface area contributed by atoms with Crippen LogP contribution in [-0.4, -0.2) is 71.3 Å². The van der Waals surface area contributed by atoms with Crippen LogP contribution in [0.3, 0.4) is 0 Å². The highest BCUT2D eigenvalue weighted by atomic mass is 19.4. The Morgan fingerprint density at radius 3 is 2.34 bits per heavy atom. The minimum atomic E-state index is -5.29. The van der Waals surface area contributed by atoms with Crippen LogP contribution < -0.4 is 16.0 Å². The topological polar surface area (TPSA) is 131 Å². The molecule has 9 nitrogen and oxygen atoms in total. The summed E-state index contributed by atoms with van der Waals surface area (Å²) in [6, 6.07) is -4.06. The number of rotatable bonds is 6. The van der Waals surface area contributed by atoms with Crippen molar-refractivity contribution in [3.05, 3.63) is 0 Å². The average molecular weight is 550 g/mol. The number of fused-ring (bicyclic) bond motifs is 3. The summed E-state index contributed by atoms with van der Waals surface area (Å²) < 4.78 is 68.9. The van der Waals surface area contributed by atoms with Crippen molar-refractivity contribution in [2.45, 2.75) is 95.6 Å². The number of carbonyl (C=O) groups is 4. The number of hydrogen-bond acceptors (Lipinski definition) is 5. The van der Waals surface area contributed by atoms with Gasteiger partial charge in [-0.25, -0.2) is 8.78 Å². The zero-order chi connectivity index (χ0) is 28.6. The molecule has 212 valence electrons. The van der Waals surface area contributed by atoms with Crippen LogP contribution in [-0.2, 0) is 19.2 Å². The van der Waals surface area contributed by atoms with E-state index in [1.54, 1.807) is 5.32 Å². The Labute approximate surface area is 216 Å². The number of hydrogen-bond donors (Lipinski definition) is 3. The first kappa shape index (κ1) is 29.6. The molecule has 0 spiro atoms. The highest BCUT2D eigenvalue weighted by Crippen LogP contribution is 2.49. The van der Waals surface area contributed by atoms with Gasteiger partial charge in [-0.05, 0) is 37.5 Å². The van der Waals surface area contributed by atoms with Crippen LogP contribution in [0.15, 0.2) is 0 Å². The fraction of sp³-hybridized carbons (Fsp3) is 0.792. The second kappa shape index (κ2) is 10.6. The van der Waals surface area contributed by atoms with E-state index in [1.165, 1.54) is 20.8 Å². The van der Waals surface area contributed by atoms with Crippen LogP contribution in [0.4, 0.5) is 22.0 Å². The van der Waals surface area contributed by atoms with Gasteiger partial charge in [0.25, 0.3) is 5.92 Å². The van der Waals surface area contributed by atoms with E-state index >= 15 is 0 Å². The maximum atomic E-state index is 14.9. The van der Waals surface area contributed by atoms with E-state index in [9.17, 15) is 46.4 Å². The summed E-state index contributed by atoms with van der Waals surface area (Å²) in [5.74, 6) is -10.3. The molecule has 4 fully saturated rings. The van der Waals surface area contributed by atoms with Crippen molar-refractivity contribution < 1.29 is 41.1 Å². The number of halogens is 5. The van der Waals surface area contributed by atoms with Gasteiger partial charge >= 0.3 is 12.1 Å². The van der Waals surface area contributed by atoms with Gasteiger partial charge in [0.1, 0.15) is 18.1 Å². The molecule has 0 aromatic rings. The van der Waals surface area contributed by atoms with E-state index < -0.39 is 77.7 Å². The predicted molar refractivity (Wildman–Crippen MR) is 122 cm³/mol. The highest BCUT2D eigenvalue weighted by molar-refractivity contribution is 5.94. The standard InChI is InChI=1S/C24H32F5N5O4/c1-22(2,3)17(33-21(38)24(27,28)29)20(37)34-14-6-7-15(23(25,26)10-14)16(34)19(36)32-13(11-30)9-12-5-4-8-31-18(12)35/h12-17H,4-10H2,1-3H3,(H,31,35)(H,32,36)(H,33,38)/t12-,13-,14+,15+,16+,17+/m0/s1. The molecule has 0 aromatic carbocycles.